The molecule has 1 aromatic carbocycles. The number of aromatic nitrogens is 1. The van der Waals surface area contributed by atoms with E-state index in [1.165, 1.54) is 0 Å². The number of hydrogen-bond donors (Lipinski definition) is 2. The summed E-state index contributed by atoms with van der Waals surface area (Å²) in [6, 6.07) is 7.33. The van der Waals surface area contributed by atoms with Crippen LogP contribution in [0, 0.1) is 0 Å². The molecule has 1 aromatic heterocycles. The van der Waals surface area contributed by atoms with Crippen molar-refractivity contribution in [2.75, 3.05) is 6.61 Å². The van der Waals surface area contributed by atoms with Gasteiger partial charge in [-0.1, -0.05) is 18.2 Å². The molecule has 0 bridgehead atoms. The molecule has 2 N–H and O–H groups in total. The summed E-state index contributed by atoms with van der Waals surface area (Å²) in [6.45, 7) is 1.72. The molecule has 5 nitrogen and oxygen atoms in total. The quantitative estimate of drug-likeness (QED) is 0.382. The second kappa shape index (κ2) is 5.39. The number of carbonyl (C=O) groups is 2. The van der Waals surface area contributed by atoms with Crippen molar-refractivity contribution in [3.63, 3.8) is 0 Å². The van der Waals surface area contributed by atoms with Crippen LogP contribution in [0.3, 0.4) is 0 Å². The Bertz CT molecular complexity index is 654. The number of fused-ring (bicyclic) bond motifs is 1. The topological polar surface area (TPSA) is 79.4 Å². The fraction of sp³-hybridized carbons (Fsp3) is 0.143. The van der Waals surface area contributed by atoms with E-state index in [1.54, 1.807) is 19.2 Å². The predicted molar refractivity (Wildman–Crippen MR) is 70.5 cm³/mol. The van der Waals surface area contributed by atoms with E-state index in [9.17, 15) is 14.7 Å². The molecule has 5 heteroatoms. The SMILES string of the molecule is CCOC(=O)C(=O)C=C(O)c1c[nH]c2ccccc12. The van der Waals surface area contributed by atoms with E-state index in [2.05, 4.69) is 9.72 Å². The largest absolute Gasteiger partial charge is 0.507 e. The second-order valence-electron chi connectivity index (χ2n) is 3.86. The number of benzene rings is 1. The number of ketones is 1. The van der Waals surface area contributed by atoms with Gasteiger partial charge in [-0.2, -0.15) is 0 Å². The minimum absolute atomic E-state index is 0.117. The highest BCUT2D eigenvalue weighted by Crippen LogP contribution is 2.23. The van der Waals surface area contributed by atoms with Crippen LogP contribution in [0.25, 0.3) is 16.7 Å². The minimum atomic E-state index is -0.978. The molecule has 0 fully saturated rings. The number of ether oxygens (including phenoxy) is 1. The first-order chi connectivity index (χ1) is 9.13. The lowest BCUT2D eigenvalue weighted by atomic mass is 10.1. The third-order valence-electron chi connectivity index (χ3n) is 2.61. The number of aliphatic hydroxyl groups excluding tert-OH is 1. The fourth-order valence-corrected chi connectivity index (χ4v) is 1.75. The molecule has 2 rings (SSSR count). The minimum Gasteiger partial charge on any atom is -0.507 e. The summed E-state index contributed by atoms with van der Waals surface area (Å²) in [5, 5.41) is 10.7. The molecule has 0 spiro atoms. The summed E-state index contributed by atoms with van der Waals surface area (Å²) in [7, 11) is 0. The zero-order valence-electron chi connectivity index (χ0n) is 10.3. The first-order valence-corrected chi connectivity index (χ1v) is 5.81. The van der Waals surface area contributed by atoms with Crippen molar-refractivity contribution in [2.45, 2.75) is 6.92 Å². The molecule has 0 radical (unpaired) electrons. The van der Waals surface area contributed by atoms with Crippen LogP contribution in [0.1, 0.15) is 12.5 Å². The predicted octanol–water partition coefficient (Wildman–Crippen LogP) is 2.20. The molecule has 0 unspecified atom stereocenters. The summed E-state index contributed by atoms with van der Waals surface area (Å²) >= 11 is 0. The van der Waals surface area contributed by atoms with Gasteiger partial charge in [-0.3, -0.25) is 4.79 Å². The van der Waals surface area contributed by atoms with Crippen LogP contribution in [-0.2, 0) is 14.3 Å². The normalized spacial score (nSPS) is 11.5. The summed E-state index contributed by atoms with van der Waals surface area (Å²) in [5.41, 5.74) is 1.30. The third-order valence-corrected chi connectivity index (χ3v) is 2.61. The number of rotatable bonds is 4. The maximum absolute atomic E-state index is 11.5. The second-order valence-corrected chi connectivity index (χ2v) is 3.86. The summed E-state index contributed by atoms with van der Waals surface area (Å²) in [4.78, 5) is 25.6. The highest BCUT2D eigenvalue weighted by molar-refractivity contribution is 6.39. The van der Waals surface area contributed by atoms with Crippen LogP contribution < -0.4 is 0 Å². The number of hydrogen-bond acceptors (Lipinski definition) is 4. The summed E-state index contributed by atoms with van der Waals surface area (Å²) in [5.74, 6) is -2.13. The van der Waals surface area contributed by atoms with E-state index >= 15 is 0 Å². The number of H-pyrrole nitrogens is 1. The Kier molecular flexibility index (Phi) is 3.66. The summed E-state index contributed by atoms with van der Waals surface area (Å²) in [6.07, 6.45) is 2.45. The van der Waals surface area contributed by atoms with Gasteiger partial charge in [0.25, 0.3) is 5.78 Å². The van der Waals surface area contributed by atoms with Crippen molar-refractivity contribution in [2.24, 2.45) is 0 Å². The maximum atomic E-state index is 11.5. The molecular weight excluding hydrogens is 246 g/mol. The Morgan fingerprint density at radius 1 is 1.37 bits per heavy atom. The van der Waals surface area contributed by atoms with Gasteiger partial charge in [0.2, 0.25) is 0 Å². The summed E-state index contributed by atoms with van der Waals surface area (Å²) < 4.78 is 4.56. The molecule has 0 saturated heterocycles. The van der Waals surface area contributed by atoms with Gasteiger partial charge in [-0.05, 0) is 13.0 Å². The van der Waals surface area contributed by atoms with E-state index in [0.717, 1.165) is 17.0 Å². The van der Waals surface area contributed by atoms with Gasteiger partial charge >= 0.3 is 5.97 Å². The monoisotopic (exact) mass is 259 g/mol. The number of aliphatic hydroxyl groups is 1. The first-order valence-electron chi connectivity index (χ1n) is 5.81. The van der Waals surface area contributed by atoms with Gasteiger partial charge in [-0.25, -0.2) is 4.79 Å². The van der Waals surface area contributed by atoms with Gasteiger partial charge < -0.3 is 14.8 Å². The lowest BCUT2D eigenvalue weighted by Crippen LogP contribution is -2.15. The molecular formula is C14H13NO4. The highest BCUT2D eigenvalue weighted by atomic mass is 16.5. The molecule has 0 aliphatic carbocycles. The van der Waals surface area contributed by atoms with Crippen LogP contribution >= 0.6 is 0 Å². The van der Waals surface area contributed by atoms with Crippen molar-refractivity contribution >= 4 is 28.4 Å². The van der Waals surface area contributed by atoms with Crippen LogP contribution in [-0.4, -0.2) is 28.4 Å². The number of aromatic amines is 1. The fourth-order valence-electron chi connectivity index (χ4n) is 1.75. The van der Waals surface area contributed by atoms with E-state index < -0.39 is 11.8 Å². The lowest BCUT2D eigenvalue weighted by Gasteiger charge is -1.99. The van der Waals surface area contributed by atoms with E-state index in [1.807, 2.05) is 18.2 Å². The lowest BCUT2D eigenvalue weighted by molar-refractivity contribution is -0.151. The molecule has 2 aromatic rings. The molecule has 0 atom stereocenters. The zero-order chi connectivity index (χ0) is 13.8. The number of esters is 1. The first kappa shape index (κ1) is 12.9. The standard InChI is InChI=1S/C14H13NO4/c1-2-19-14(18)13(17)7-12(16)10-8-15-11-6-4-3-5-9(10)11/h3-8,15-16H,2H2,1H3. The van der Waals surface area contributed by atoms with Crippen molar-refractivity contribution in [3.8, 4) is 0 Å². The van der Waals surface area contributed by atoms with Gasteiger partial charge in [0, 0.05) is 28.7 Å². The number of nitrogens with one attached hydrogen (secondary N) is 1. The van der Waals surface area contributed by atoms with Crippen molar-refractivity contribution in [1.82, 2.24) is 4.98 Å². The van der Waals surface area contributed by atoms with Crippen molar-refractivity contribution in [1.29, 1.82) is 0 Å². The Morgan fingerprint density at radius 3 is 2.84 bits per heavy atom. The molecule has 0 amide bonds. The molecule has 0 aliphatic rings. The average Bonchev–Trinajstić information content (AvgIpc) is 2.82. The Labute approximate surface area is 109 Å². The van der Waals surface area contributed by atoms with Crippen LogP contribution in [0.2, 0.25) is 0 Å². The van der Waals surface area contributed by atoms with E-state index in [4.69, 9.17) is 0 Å². The third kappa shape index (κ3) is 2.65. The smallest absolute Gasteiger partial charge is 0.379 e. The van der Waals surface area contributed by atoms with E-state index in [0.29, 0.717) is 5.56 Å². The van der Waals surface area contributed by atoms with Gasteiger partial charge in [0.1, 0.15) is 5.76 Å². The van der Waals surface area contributed by atoms with Gasteiger partial charge in [0.05, 0.1) is 6.61 Å². The van der Waals surface area contributed by atoms with Crippen LogP contribution in [0.5, 0.6) is 0 Å². The van der Waals surface area contributed by atoms with Gasteiger partial charge in [0.15, 0.2) is 0 Å². The average molecular weight is 259 g/mol. The number of carbonyl (C=O) groups excluding carboxylic acids is 2. The maximum Gasteiger partial charge on any atom is 0.379 e. The molecule has 0 saturated carbocycles. The number of para-hydroxylation sites is 1. The van der Waals surface area contributed by atoms with Crippen LogP contribution in [0.4, 0.5) is 0 Å². The van der Waals surface area contributed by atoms with Gasteiger partial charge in [-0.15, -0.1) is 0 Å². The molecule has 98 valence electrons. The molecule has 1 heterocycles. The highest BCUT2D eigenvalue weighted by Gasteiger charge is 2.15. The van der Waals surface area contributed by atoms with Crippen LogP contribution in [0.15, 0.2) is 36.5 Å². The Morgan fingerprint density at radius 2 is 2.11 bits per heavy atom. The Hall–Kier alpha value is -2.56. The van der Waals surface area contributed by atoms with E-state index in [-0.39, 0.29) is 12.4 Å². The molecule has 19 heavy (non-hydrogen) atoms. The van der Waals surface area contributed by atoms with Crippen molar-refractivity contribution in [3.05, 3.63) is 42.1 Å². The Balaban J connectivity index is 2.31. The molecule has 0 aliphatic heterocycles. The van der Waals surface area contributed by atoms with Crippen molar-refractivity contribution < 1.29 is 19.4 Å². The zero-order valence-corrected chi connectivity index (χ0v) is 10.3.